The molecule has 2 N–H and O–H groups in total. The van der Waals surface area contributed by atoms with E-state index in [4.69, 9.17) is 0 Å². The second-order valence-corrected chi connectivity index (χ2v) is 4.89. The fourth-order valence-corrected chi connectivity index (χ4v) is 2.37. The molecule has 2 aromatic heterocycles. The number of carbonyl (C=O) groups is 1. The first-order chi connectivity index (χ1) is 9.67. The molecule has 1 aliphatic heterocycles. The number of nitrogens with one attached hydrogen (secondary N) is 2. The predicted molar refractivity (Wildman–Crippen MR) is 75.9 cm³/mol. The molecule has 0 unspecified atom stereocenters. The van der Waals surface area contributed by atoms with E-state index >= 15 is 0 Å². The number of aryl methyl sites for hydroxylation is 3. The van der Waals surface area contributed by atoms with Crippen LogP contribution in [0.1, 0.15) is 29.5 Å². The minimum Gasteiger partial charge on any atom is -0.356 e. The van der Waals surface area contributed by atoms with Crippen LogP contribution in [0.4, 0.5) is 11.6 Å². The van der Waals surface area contributed by atoms with Crippen LogP contribution in [0.2, 0.25) is 0 Å². The van der Waals surface area contributed by atoms with Crippen LogP contribution in [0.5, 0.6) is 0 Å². The van der Waals surface area contributed by atoms with Gasteiger partial charge in [0, 0.05) is 32.5 Å². The van der Waals surface area contributed by atoms with Crippen LogP contribution in [-0.2, 0) is 20.0 Å². The first-order valence-corrected chi connectivity index (χ1v) is 6.82. The van der Waals surface area contributed by atoms with Crippen molar-refractivity contribution in [2.24, 2.45) is 7.05 Å². The van der Waals surface area contributed by atoms with E-state index in [0.717, 1.165) is 43.3 Å². The lowest BCUT2D eigenvalue weighted by molar-refractivity contribution is 0.102. The Labute approximate surface area is 117 Å². The van der Waals surface area contributed by atoms with Gasteiger partial charge < -0.3 is 15.2 Å². The van der Waals surface area contributed by atoms with Gasteiger partial charge in [0.05, 0.1) is 11.4 Å². The molecular weight excluding hydrogens is 256 g/mol. The maximum atomic E-state index is 12.3. The Kier molecular flexibility index (Phi) is 3.17. The molecule has 20 heavy (non-hydrogen) atoms. The molecule has 0 aromatic carbocycles. The molecule has 0 aliphatic carbocycles. The minimum atomic E-state index is -0.198. The molecule has 106 valence electrons. The Morgan fingerprint density at radius 1 is 1.50 bits per heavy atom. The molecule has 0 bridgehead atoms. The van der Waals surface area contributed by atoms with Crippen molar-refractivity contribution in [2.75, 3.05) is 17.2 Å². The van der Waals surface area contributed by atoms with E-state index in [-0.39, 0.29) is 5.91 Å². The molecule has 3 heterocycles. The van der Waals surface area contributed by atoms with Crippen LogP contribution in [0, 0.1) is 0 Å². The lowest BCUT2D eigenvalue weighted by Crippen LogP contribution is -2.16. The van der Waals surface area contributed by atoms with Crippen LogP contribution < -0.4 is 10.6 Å². The minimum absolute atomic E-state index is 0.198. The Morgan fingerprint density at radius 2 is 2.35 bits per heavy atom. The molecule has 0 fully saturated rings. The fourth-order valence-electron chi connectivity index (χ4n) is 2.37. The van der Waals surface area contributed by atoms with E-state index < -0.39 is 0 Å². The van der Waals surface area contributed by atoms with Gasteiger partial charge >= 0.3 is 0 Å². The molecule has 0 radical (unpaired) electrons. The SMILES string of the molecule is CCc1nn(C)cc1NC(=O)c1cn2c(n1)NCCC2. The Hall–Kier alpha value is -2.31. The number of anilines is 2. The van der Waals surface area contributed by atoms with Gasteiger partial charge in [-0.15, -0.1) is 0 Å². The summed E-state index contributed by atoms with van der Waals surface area (Å²) in [6, 6.07) is 0. The standard InChI is InChI=1S/C13H18N6O/c1-3-9-10(7-18(2)17-9)15-12(20)11-8-19-6-4-5-14-13(19)16-11/h7-8H,3-6H2,1-2H3,(H,14,16)(H,15,20). The van der Waals surface area contributed by atoms with Gasteiger partial charge in [0.25, 0.3) is 5.91 Å². The zero-order valence-corrected chi connectivity index (χ0v) is 11.7. The molecule has 0 atom stereocenters. The maximum Gasteiger partial charge on any atom is 0.276 e. The van der Waals surface area contributed by atoms with Gasteiger partial charge in [-0.3, -0.25) is 9.48 Å². The Bertz CT molecular complexity index is 618. The number of amides is 1. The van der Waals surface area contributed by atoms with Gasteiger partial charge in [-0.2, -0.15) is 5.10 Å². The van der Waals surface area contributed by atoms with E-state index in [1.54, 1.807) is 10.9 Å². The van der Waals surface area contributed by atoms with Gasteiger partial charge in [-0.25, -0.2) is 4.98 Å². The topological polar surface area (TPSA) is 76.8 Å². The third kappa shape index (κ3) is 2.26. The van der Waals surface area contributed by atoms with Crippen LogP contribution >= 0.6 is 0 Å². The zero-order valence-electron chi connectivity index (χ0n) is 11.7. The van der Waals surface area contributed by atoms with Crippen LogP contribution in [0.15, 0.2) is 12.4 Å². The van der Waals surface area contributed by atoms with Gasteiger partial charge in [-0.1, -0.05) is 6.92 Å². The summed E-state index contributed by atoms with van der Waals surface area (Å²) < 4.78 is 3.68. The summed E-state index contributed by atoms with van der Waals surface area (Å²) in [4.78, 5) is 16.6. The number of hydrogen-bond acceptors (Lipinski definition) is 4. The summed E-state index contributed by atoms with van der Waals surface area (Å²) in [5.74, 6) is 0.569. The highest BCUT2D eigenvalue weighted by Crippen LogP contribution is 2.17. The largest absolute Gasteiger partial charge is 0.356 e. The number of imidazole rings is 1. The van der Waals surface area contributed by atoms with E-state index in [1.807, 2.05) is 24.7 Å². The second kappa shape index (κ2) is 4.99. The number of carbonyl (C=O) groups excluding carboxylic acids is 1. The van der Waals surface area contributed by atoms with E-state index in [2.05, 4.69) is 20.7 Å². The van der Waals surface area contributed by atoms with Crippen LogP contribution in [-0.4, -0.2) is 31.8 Å². The quantitative estimate of drug-likeness (QED) is 0.883. The van der Waals surface area contributed by atoms with Crippen LogP contribution in [0.25, 0.3) is 0 Å². The van der Waals surface area contributed by atoms with Crippen molar-refractivity contribution in [1.29, 1.82) is 0 Å². The third-order valence-corrected chi connectivity index (χ3v) is 3.36. The average Bonchev–Trinajstić information content (AvgIpc) is 3.01. The predicted octanol–water partition coefficient (Wildman–Crippen LogP) is 1.25. The molecule has 1 aliphatic rings. The summed E-state index contributed by atoms with van der Waals surface area (Å²) >= 11 is 0. The average molecular weight is 274 g/mol. The molecule has 3 rings (SSSR count). The molecule has 7 nitrogen and oxygen atoms in total. The first kappa shape index (κ1) is 12.7. The second-order valence-electron chi connectivity index (χ2n) is 4.89. The zero-order chi connectivity index (χ0) is 14.1. The molecule has 7 heteroatoms. The van der Waals surface area contributed by atoms with Gasteiger partial charge in [-0.05, 0) is 12.8 Å². The summed E-state index contributed by atoms with van der Waals surface area (Å²) in [5.41, 5.74) is 2.06. The van der Waals surface area contributed by atoms with Crippen LogP contribution in [0.3, 0.4) is 0 Å². The van der Waals surface area contributed by atoms with Gasteiger partial charge in [0.15, 0.2) is 0 Å². The maximum absolute atomic E-state index is 12.3. The van der Waals surface area contributed by atoms with Crippen molar-refractivity contribution in [3.63, 3.8) is 0 Å². The van der Waals surface area contributed by atoms with Gasteiger partial charge in [0.1, 0.15) is 5.69 Å². The normalized spacial score (nSPS) is 13.7. The number of rotatable bonds is 3. The molecule has 2 aromatic rings. The monoisotopic (exact) mass is 274 g/mol. The first-order valence-electron chi connectivity index (χ1n) is 6.82. The highest BCUT2D eigenvalue weighted by Gasteiger charge is 2.18. The smallest absolute Gasteiger partial charge is 0.276 e. The Balaban J connectivity index is 1.80. The van der Waals surface area contributed by atoms with Crippen molar-refractivity contribution in [3.05, 3.63) is 23.8 Å². The highest BCUT2D eigenvalue weighted by molar-refractivity contribution is 6.03. The molecule has 0 saturated carbocycles. The number of hydrogen-bond donors (Lipinski definition) is 2. The summed E-state index contributed by atoms with van der Waals surface area (Å²) in [7, 11) is 1.84. The number of nitrogens with zero attached hydrogens (tertiary/aromatic N) is 4. The lowest BCUT2D eigenvalue weighted by Gasteiger charge is -2.14. The summed E-state index contributed by atoms with van der Waals surface area (Å²) in [5, 5.41) is 10.4. The molecule has 0 spiro atoms. The van der Waals surface area contributed by atoms with Gasteiger partial charge in [0.2, 0.25) is 5.95 Å². The fraction of sp³-hybridized carbons (Fsp3) is 0.462. The summed E-state index contributed by atoms with van der Waals surface area (Å²) in [6.07, 6.45) is 5.43. The van der Waals surface area contributed by atoms with Crippen molar-refractivity contribution in [2.45, 2.75) is 26.3 Å². The molecular formula is C13H18N6O. The van der Waals surface area contributed by atoms with E-state index in [0.29, 0.717) is 5.69 Å². The van der Waals surface area contributed by atoms with Crippen molar-refractivity contribution in [3.8, 4) is 0 Å². The number of aromatic nitrogens is 4. The van der Waals surface area contributed by atoms with E-state index in [1.165, 1.54) is 0 Å². The van der Waals surface area contributed by atoms with Crippen molar-refractivity contribution in [1.82, 2.24) is 19.3 Å². The highest BCUT2D eigenvalue weighted by atomic mass is 16.1. The molecule has 0 saturated heterocycles. The summed E-state index contributed by atoms with van der Waals surface area (Å²) in [6.45, 7) is 3.81. The number of fused-ring (bicyclic) bond motifs is 1. The van der Waals surface area contributed by atoms with Crippen molar-refractivity contribution < 1.29 is 4.79 Å². The molecule has 1 amide bonds. The third-order valence-electron chi connectivity index (χ3n) is 3.36. The van der Waals surface area contributed by atoms with E-state index in [9.17, 15) is 4.79 Å². The lowest BCUT2D eigenvalue weighted by atomic mass is 10.3. The Morgan fingerprint density at radius 3 is 3.10 bits per heavy atom. The van der Waals surface area contributed by atoms with Crippen molar-refractivity contribution >= 4 is 17.5 Å².